The smallest absolute Gasteiger partial charge is 0.306 e. The maximum Gasteiger partial charge on any atom is 0.306 e. The van der Waals surface area contributed by atoms with Crippen molar-refractivity contribution in [1.82, 2.24) is 0 Å². The fourth-order valence-corrected chi connectivity index (χ4v) is 7.91. The summed E-state index contributed by atoms with van der Waals surface area (Å²) in [6, 6.07) is 9.70. The minimum absolute atomic E-state index is 0.0723. The lowest BCUT2D eigenvalue weighted by molar-refractivity contribution is -0.163. The first-order valence-electron chi connectivity index (χ1n) is 26.1. The SMILES string of the molecule is CCCCCCCCC(CCCCCC)COC(=O)CCCCC(=O)OC[C@H](COCc1ccccc1)OC(=O)CCCCC(=O)OCC(CCCCCC)CCCCCCCC. The Balaban J connectivity index is 2.48. The number of carbonyl (C=O) groups is 4. The molecule has 0 spiro atoms. The van der Waals surface area contributed by atoms with Gasteiger partial charge < -0.3 is 23.7 Å². The molecule has 1 aromatic carbocycles. The predicted molar refractivity (Wildman–Crippen MR) is 256 cm³/mol. The van der Waals surface area contributed by atoms with Gasteiger partial charge in [-0.2, -0.15) is 0 Å². The summed E-state index contributed by atoms with van der Waals surface area (Å²) in [5.74, 6) is -0.411. The van der Waals surface area contributed by atoms with Crippen LogP contribution in [0.1, 0.15) is 239 Å². The first-order chi connectivity index (χ1) is 30.8. The summed E-state index contributed by atoms with van der Waals surface area (Å²) in [6.07, 6.45) is 31.5. The third-order valence-electron chi connectivity index (χ3n) is 12.0. The molecule has 0 bridgehead atoms. The predicted octanol–water partition coefficient (Wildman–Crippen LogP) is 14.5. The van der Waals surface area contributed by atoms with Crippen molar-refractivity contribution in [3.63, 3.8) is 0 Å². The highest BCUT2D eigenvalue weighted by molar-refractivity contribution is 5.71. The zero-order valence-corrected chi connectivity index (χ0v) is 41.0. The molecule has 0 N–H and O–H groups in total. The number of hydrogen-bond donors (Lipinski definition) is 0. The molecule has 3 atom stereocenters. The molecule has 0 fully saturated rings. The molecule has 0 aromatic heterocycles. The third kappa shape index (κ3) is 37.0. The molecule has 0 aliphatic heterocycles. The van der Waals surface area contributed by atoms with Gasteiger partial charge in [0.1, 0.15) is 6.61 Å². The van der Waals surface area contributed by atoms with Crippen LogP contribution in [0, 0.1) is 11.8 Å². The Hall–Kier alpha value is -2.94. The quantitative estimate of drug-likeness (QED) is 0.0359. The highest BCUT2D eigenvalue weighted by atomic mass is 16.6. The van der Waals surface area contributed by atoms with Gasteiger partial charge in [0.05, 0.1) is 26.4 Å². The summed E-state index contributed by atoms with van der Waals surface area (Å²) in [5, 5.41) is 0. The van der Waals surface area contributed by atoms with Crippen LogP contribution in [0.25, 0.3) is 0 Å². The lowest BCUT2D eigenvalue weighted by Crippen LogP contribution is -2.29. The van der Waals surface area contributed by atoms with E-state index in [9.17, 15) is 19.2 Å². The average molecular weight is 887 g/mol. The molecule has 9 nitrogen and oxygen atoms in total. The molecule has 9 heteroatoms. The van der Waals surface area contributed by atoms with E-state index in [2.05, 4.69) is 27.7 Å². The Bertz CT molecular complexity index is 1220. The highest BCUT2D eigenvalue weighted by Gasteiger charge is 2.19. The third-order valence-corrected chi connectivity index (χ3v) is 12.0. The number of hydrogen-bond acceptors (Lipinski definition) is 9. The summed E-state index contributed by atoms with van der Waals surface area (Å²) in [4.78, 5) is 50.8. The lowest BCUT2D eigenvalue weighted by atomic mass is 9.95. The molecule has 0 saturated carbocycles. The molecule has 0 heterocycles. The van der Waals surface area contributed by atoms with Crippen LogP contribution in [0.3, 0.4) is 0 Å². The van der Waals surface area contributed by atoms with Crippen molar-refractivity contribution >= 4 is 23.9 Å². The van der Waals surface area contributed by atoms with Crippen LogP contribution in [0.15, 0.2) is 30.3 Å². The van der Waals surface area contributed by atoms with Crippen molar-refractivity contribution in [1.29, 1.82) is 0 Å². The summed E-state index contributed by atoms with van der Waals surface area (Å²) in [5.41, 5.74) is 0.982. The van der Waals surface area contributed by atoms with Crippen molar-refractivity contribution in [2.24, 2.45) is 11.8 Å². The van der Waals surface area contributed by atoms with Crippen molar-refractivity contribution < 1.29 is 42.9 Å². The second-order valence-corrected chi connectivity index (χ2v) is 18.1. The van der Waals surface area contributed by atoms with E-state index in [0.717, 1.165) is 31.2 Å². The van der Waals surface area contributed by atoms with Gasteiger partial charge in [0.25, 0.3) is 0 Å². The van der Waals surface area contributed by atoms with Gasteiger partial charge >= 0.3 is 23.9 Å². The molecule has 0 saturated heterocycles. The Morgan fingerprint density at radius 3 is 1.16 bits per heavy atom. The van der Waals surface area contributed by atoms with Gasteiger partial charge in [-0.15, -0.1) is 0 Å². The Kier molecular flexibility index (Phi) is 39.6. The molecular formula is C54H94O9. The fraction of sp³-hybridized carbons (Fsp3) is 0.815. The van der Waals surface area contributed by atoms with Gasteiger partial charge in [0, 0.05) is 25.7 Å². The number of benzene rings is 1. The molecule has 1 rings (SSSR count). The van der Waals surface area contributed by atoms with Crippen molar-refractivity contribution in [2.75, 3.05) is 26.4 Å². The Morgan fingerprint density at radius 1 is 0.397 bits per heavy atom. The molecule has 0 radical (unpaired) electrons. The van der Waals surface area contributed by atoms with Gasteiger partial charge in [-0.1, -0.05) is 186 Å². The number of carbonyl (C=O) groups excluding carboxylic acids is 4. The van der Waals surface area contributed by atoms with Crippen LogP contribution in [0.5, 0.6) is 0 Å². The van der Waals surface area contributed by atoms with Gasteiger partial charge in [-0.05, 0) is 68.8 Å². The number of unbranched alkanes of at least 4 members (excludes halogenated alkanes) is 18. The summed E-state index contributed by atoms with van der Waals surface area (Å²) < 4.78 is 28.5. The van der Waals surface area contributed by atoms with Crippen molar-refractivity contribution in [3.05, 3.63) is 35.9 Å². The van der Waals surface area contributed by atoms with Gasteiger partial charge in [0.2, 0.25) is 0 Å². The van der Waals surface area contributed by atoms with E-state index >= 15 is 0 Å². The largest absolute Gasteiger partial charge is 0.465 e. The van der Waals surface area contributed by atoms with Crippen LogP contribution in [0.2, 0.25) is 0 Å². The molecule has 2 unspecified atom stereocenters. The molecule has 0 aliphatic carbocycles. The van der Waals surface area contributed by atoms with E-state index in [1.165, 1.54) is 128 Å². The fourth-order valence-electron chi connectivity index (χ4n) is 7.91. The maximum absolute atomic E-state index is 12.9. The van der Waals surface area contributed by atoms with Crippen LogP contribution < -0.4 is 0 Å². The minimum Gasteiger partial charge on any atom is -0.465 e. The summed E-state index contributed by atoms with van der Waals surface area (Å²) in [6.45, 7) is 10.2. The molecule has 1 aromatic rings. The van der Waals surface area contributed by atoms with E-state index in [4.69, 9.17) is 23.7 Å². The normalized spacial score (nSPS) is 12.7. The van der Waals surface area contributed by atoms with E-state index in [0.29, 0.717) is 57.3 Å². The van der Waals surface area contributed by atoms with E-state index < -0.39 is 18.0 Å². The van der Waals surface area contributed by atoms with Crippen LogP contribution in [-0.2, 0) is 49.5 Å². The van der Waals surface area contributed by atoms with Gasteiger partial charge in [-0.3, -0.25) is 19.2 Å². The lowest BCUT2D eigenvalue weighted by Gasteiger charge is -2.18. The second kappa shape index (κ2) is 43.0. The van der Waals surface area contributed by atoms with Crippen molar-refractivity contribution in [2.45, 2.75) is 246 Å². The zero-order chi connectivity index (χ0) is 45.9. The highest BCUT2D eigenvalue weighted by Crippen LogP contribution is 2.22. The molecular weight excluding hydrogens is 793 g/mol. The summed E-state index contributed by atoms with van der Waals surface area (Å²) in [7, 11) is 0. The molecule has 63 heavy (non-hydrogen) atoms. The number of esters is 4. The minimum atomic E-state index is -0.766. The first-order valence-corrected chi connectivity index (χ1v) is 26.1. The van der Waals surface area contributed by atoms with E-state index in [1.54, 1.807) is 0 Å². The van der Waals surface area contributed by atoms with Crippen molar-refractivity contribution in [3.8, 4) is 0 Å². The monoisotopic (exact) mass is 887 g/mol. The van der Waals surface area contributed by atoms with Crippen LogP contribution in [-0.4, -0.2) is 56.4 Å². The number of ether oxygens (including phenoxy) is 5. The van der Waals surface area contributed by atoms with Gasteiger partial charge in [-0.25, -0.2) is 0 Å². The Labute approximate surface area is 385 Å². The van der Waals surface area contributed by atoms with Gasteiger partial charge in [0.15, 0.2) is 6.10 Å². The summed E-state index contributed by atoms with van der Waals surface area (Å²) >= 11 is 0. The molecule has 0 aliphatic rings. The standard InChI is InChI=1S/C54H94O9/c1-5-9-13-17-19-24-36-48(34-22-15-11-7-3)43-60-51(55)38-28-29-40-53(57)62-46-50(45-59-42-47-32-26-21-27-33-47)63-54(58)41-31-30-39-52(56)61-44-49(35-23-16-12-8-4)37-25-20-18-14-10-6-2/h21,26-27,32-33,48-50H,5-20,22-25,28-31,34-46H2,1-4H3/t48?,49?,50-/m0/s1. The molecule has 364 valence electrons. The van der Waals surface area contributed by atoms with E-state index in [-0.39, 0.29) is 50.8 Å². The van der Waals surface area contributed by atoms with E-state index in [1.807, 2.05) is 30.3 Å². The van der Waals surface area contributed by atoms with Crippen LogP contribution in [0.4, 0.5) is 0 Å². The van der Waals surface area contributed by atoms with Crippen LogP contribution >= 0.6 is 0 Å². The first kappa shape index (κ1) is 58.1. The Morgan fingerprint density at radius 2 is 0.746 bits per heavy atom. The second-order valence-electron chi connectivity index (χ2n) is 18.1. The average Bonchev–Trinajstić information content (AvgIpc) is 3.28. The zero-order valence-electron chi connectivity index (χ0n) is 41.0. The topological polar surface area (TPSA) is 114 Å². The number of rotatable bonds is 45. The molecule has 0 amide bonds. The maximum atomic E-state index is 12.9.